The van der Waals surface area contributed by atoms with Crippen LogP contribution in [0.4, 0.5) is 14.5 Å². The highest BCUT2D eigenvalue weighted by Crippen LogP contribution is 2.36. The van der Waals surface area contributed by atoms with E-state index in [2.05, 4.69) is 20.3 Å². The summed E-state index contributed by atoms with van der Waals surface area (Å²) in [5, 5.41) is 3.00. The minimum atomic E-state index is -0.856. The van der Waals surface area contributed by atoms with Crippen molar-refractivity contribution in [2.75, 3.05) is 18.4 Å². The molecule has 4 rings (SSSR count). The first kappa shape index (κ1) is 16.4. The van der Waals surface area contributed by atoms with Crippen molar-refractivity contribution in [1.82, 2.24) is 14.9 Å². The Kier molecular flexibility index (Phi) is 3.78. The smallest absolute Gasteiger partial charge is 0.274 e. The number of piperidine rings is 1. The molecule has 0 bridgehead atoms. The number of nitrogens with one attached hydrogen (secondary N) is 1. The number of likely N-dealkylation sites (tertiary alicyclic amines) is 1. The van der Waals surface area contributed by atoms with Crippen molar-refractivity contribution in [3.05, 3.63) is 53.6 Å². The number of carbonyl (C=O) groups excluding carboxylic acids is 1. The fourth-order valence-electron chi connectivity index (χ4n) is 3.36. The molecule has 2 aliphatic heterocycles. The molecule has 0 aliphatic carbocycles. The molecule has 1 aromatic heterocycles. The summed E-state index contributed by atoms with van der Waals surface area (Å²) >= 11 is 0. The number of hydrogen-bond donors (Lipinski definition) is 2. The van der Waals surface area contributed by atoms with E-state index >= 15 is 0 Å². The molecule has 0 saturated carbocycles. The zero-order valence-corrected chi connectivity index (χ0v) is 13.7. The molecule has 1 amide bonds. The maximum Gasteiger partial charge on any atom is 0.274 e. The normalized spacial score (nSPS) is 18.1. The van der Waals surface area contributed by atoms with E-state index in [9.17, 15) is 13.6 Å². The summed E-state index contributed by atoms with van der Waals surface area (Å²) in [5.41, 5.74) is 5.29. The van der Waals surface area contributed by atoms with Crippen LogP contribution in [0.15, 0.2) is 35.7 Å². The molecule has 26 heavy (non-hydrogen) atoms. The monoisotopic (exact) mass is 358 g/mol. The summed E-state index contributed by atoms with van der Waals surface area (Å²) in [5.74, 6) is -1.47. The standard InChI is InChI=1S/C17H16F2N6O/c18-10-1-2-11(19)14-13(10)15(20)24-17(23-14)3-7-25(8-4-17)16(26)12-9-21-5-6-22-12/h1-2,5-6,9,23H,3-4,7-8H2,(H2,20,24). The third-order valence-corrected chi connectivity index (χ3v) is 4.71. The van der Waals surface area contributed by atoms with E-state index in [1.165, 1.54) is 18.6 Å². The number of benzene rings is 1. The van der Waals surface area contributed by atoms with Gasteiger partial charge in [-0.25, -0.2) is 18.8 Å². The Bertz CT molecular complexity index is 894. The molecule has 0 radical (unpaired) electrons. The van der Waals surface area contributed by atoms with Crippen molar-refractivity contribution in [2.45, 2.75) is 18.5 Å². The van der Waals surface area contributed by atoms with Crippen molar-refractivity contribution in [3.8, 4) is 0 Å². The molecule has 2 aliphatic rings. The van der Waals surface area contributed by atoms with Crippen molar-refractivity contribution < 1.29 is 13.6 Å². The maximum atomic E-state index is 14.2. The Hall–Kier alpha value is -3.10. The van der Waals surface area contributed by atoms with Crippen molar-refractivity contribution >= 4 is 17.4 Å². The van der Waals surface area contributed by atoms with E-state index in [1.807, 2.05) is 0 Å². The number of nitrogens with two attached hydrogens (primary N) is 1. The minimum absolute atomic E-state index is 0.0196. The van der Waals surface area contributed by atoms with Gasteiger partial charge >= 0.3 is 0 Å². The summed E-state index contributed by atoms with van der Waals surface area (Å²) in [6.07, 6.45) is 5.19. The van der Waals surface area contributed by atoms with Crippen LogP contribution < -0.4 is 11.1 Å². The van der Waals surface area contributed by atoms with Gasteiger partial charge in [0.05, 0.1) is 17.4 Å². The number of nitrogens with zero attached hydrogens (tertiary/aromatic N) is 4. The molecule has 9 heteroatoms. The number of halogens is 2. The van der Waals surface area contributed by atoms with Gasteiger partial charge in [-0.05, 0) is 12.1 Å². The first-order chi connectivity index (χ1) is 12.5. The Morgan fingerprint density at radius 1 is 1.19 bits per heavy atom. The molecule has 3 N–H and O–H groups in total. The lowest BCUT2D eigenvalue weighted by atomic mass is 9.93. The quantitative estimate of drug-likeness (QED) is 0.806. The molecule has 3 heterocycles. The number of rotatable bonds is 1. The lowest BCUT2D eigenvalue weighted by molar-refractivity contribution is 0.0679. The zero-order valence-electron chi connectivity index (χ0n) is 13.7. The second-order valence-corrected chi connectivity index (χ2v) is 6.32. The minimum Gasteiger partial charge on any atom is -0.383 e. The number of amidine groups is 1. The molecule has 1 fully saturated rings. The number of aromatic nitrogens is 2. The Labute approximate surface area is 148 Å². The van der Waals surface area contributed by atoms with Gasteiger partial charge in [-0.1, -0.05) is 0 Å². The Morgan fingerprint density at radius 2 is 1.92 bits per heavy atom. The predicted molar refractivity (Wildman–Crippen MR) is 90.6 cm³/mol. The highest BCUT2D eigenvalue weighted by atomic mass is 19.1. The molecular formula is C17H16F2N6O. The molecule has 1 aromatic carbocycles. The second-order valence-electron chi connectivity index (χ2n) is 6.32. The molecule has 7 nitrogen and oxygen atoms in total. The van der Waals surface area contributed by atoms with E-state index in [0.29, 0.717) is 25.9 Å². The maximum absolute atomic E-state index is 14.2. The van der Waals surface area contributed by atoms with Crippen molar-refractivity contribution in [2.24, 2.45) is 10.7 Å². The van der Waals surface area contributed by atoms with Gasteiger partial charge in [-0.2, -0.15) is 0 Å². The van der Waals surface area contributed by atoms with E-state index in [4.69, 9.17) is 5.73 Å². The van der Waals surface area contributed by atoms with Gasteiger partial charge in [0.2, 0.25) is 0 Å². The van der Waals surface area contributed by atoms with Gasteiger partial charge in [0.25, 0.3) is 5.91 Å². The van der Waals surface area contributed by atoms with Crippen LogP contribution in [0.5, 0.6) is 0 Å². The molecule has 1 saturated heterocycles. The Balaban J connectivity index is 1.56. The third-order valence-electron chi connectivity index (χ3n) is 4.71. The number of fused-ring (bicyclic) bond motifs is 1. The van der Waals surface area contributed by atoms with Crippen LogP contribution in [0.2, 0.25) is 0 Å². The number of aliphatic imine (C=N–C) groups is 1. The summed E-state index contributed by atoms with van der Waals surface area (Å²) in [6, 6.07) is 2.08. The van der Waals surface area contributed by atoms with Gasteiger partial charge in [-0.3, -0.25) is 9.78 Å². The van der Waals surface area contributed by atoms with E-state index in [-0.39, 0.29) is 28.7 Å². The Morgan fingerprint density at radius 3 is 2.62 bits per heavy atom. The van der Waals surface area contributed by atoms with Gasteiger partial charge in [0.1, 0.15) is 28.8 Å². The molecule has 0 atom stereocenters. The van der Waals surface area contributed by atoms with Crippen LogP contribution >= 0.6 is 0 Å². The highest BCUT2D eigenvalue weighted by Gasteiger charge is 2.40. The fraction of sp³-hybridized carbons (Fsp3) is 0.294. The second kappa shape index (κ2) is 6.01. The van der Waals surface area contributed by atoms with Crippen LogP contribution in [-0.2, 0) is 0 Å². The van der Waals surface area contributed by atoms with Gasteiger partial charge in [-0.15, -0.1) is 0 Å². The summed E-state index contributed by atoms with van der Waals surface area (Å²) < 4.78 is 28.1. The summed E-state index contributed by atoms with van der Waals surface area (Å²) in [6.45, 7) is 0.761. The largest absolute Gasteiger partial charge is 0.383 e. The highest BCUT2D eigenvalue weighted by molar-refractivity contribution is 6.04. The average Bonchev–Trinajstić information content (AvgIpc) is 2.65. The van der Waals surface area contributed by atoms with E-state index < -0.39 is 17.3 Å². The summed E-state index contributed by atoms with van der Waals surface area (Å²) in [7, 11) is 0. The molecule has 134 valence electrons. The molecule has 2 aromatic rings. The van der Waals surface area contributed by atoms with Gasteiger partial charge in [0.15, 0.2) is 0 Å². The van der Waals surface area contributed by atoms with Crippen molar-refractivity contribution in [3.63, 3.8) is 0 Å². The topological polar surface area (TPSA) is 96.5 Å². The zero-order chi connectivity index (χ0) is 18.3. The number of carbonyl (C=O) groups is 1. The third kappa shape index (κ3) is 2.65. The number of anilines is 1. The van der Waals surface area contributed by atoms with Crippen LogP contribution in [-0.4, -0.2) is 45.4 Å². The van der Waals surface area contributed by atoms with Crippen molar-refractivity contribution in [1.29, 1.82) is 0 Å². The molecule has 0 unspecified atom stereocenters. The van der Waals surface area contributed by atoms with E-state index in [0.717, 1.165) is 12.1 Å². The molecular weight excluding hydrogens is 342 g/mol. The lowest BCUT2D eigenvalue weighted by Gasteiger charge is -2.42. The number of hydrogen-bond acceptors (Lipinski definition) is 6. The average molecular weight is 358 g/mol. The number of amides is 1. The predicted octanol–water partition coefficient (Wildman–Crippen LogP) is 1.52. The van der Waals surface area contributed by atoms with Gasteiger partial charge < -0.3 is 16.0 Å². The van der Waals surface area contributed by atoms with Crippen LogP contribution in [0.25, 0.3) is 0 Å². The first-order valence-corrected chi connectivity index (χ1v) is 8.16. The SMILES string of the molecule is NC1=NC2(CCN(C(=O)c3cnccn3)CC2)Nc2c(F)ccc(F)c21. The fourth-order valence-corrected chi connectivity index (χ4v) is 3.36. The van der Waals surface area contributed by atoms with E-state index in [1.54, 1.807) is 4.90 Å². The van der Waals surface area contributed by atoms with Crippen LogP contribution in [0.1, 0.15) is 28.9 Å². The molecule has 1 spiro atoms. The van der Waals surface area contributed by atoms with Gasteiger partial charge in [0, 0.05) is 38.3 Å². The van der Waals surface area contributed by atoms with Crippen LogP contribution in [0, 0.1) is 11.6 Å². The first-order valence-electron chi connectivity index (χ1n) is 8.16. The summed E-state index contributed by atoms with van der Waals surface area (Å²) in [4.78, 5) is 26.4. The lowest BCUT2D eigenvalue weighted by Crippen LogP contribution is -2.52. The van der Waals surface area contributed by atoms with Crippen LogP contribution in [0.3, 0.4) is 0 Å².